The Morgan fingerprint density at radius 2 is 1.71 bits per heavy atom. The maximum Gasteiger partial charge on any atom is 0.269 e. The van der Waals surface area contributed by atoms with Gasteiger partial charge in [-0.15, -0.1) is 11.8 Å². The number of hydrazine groups is 1. The molecule has 2 aromatic rings. The molecule has 0 fully saturated rings. The Balaban J connectivity index is 1.64. The molecule has 0 aliphatic carbocycles. The molecular weight excluding hydrogens is 367 g/mol. The molecule has 0 bridgehead atoms. The van der Waals surface area contributed by atoms with Crippen molar-refractivity contribution >= 4 is 46.8 Å². The lowest BCUT2D eigenvalue weighted by atomic mass is 10.2. The van der Waals surface area contributed by atoms with Gasteiger partial charge in [0.25, 0.3) is 5.91 Å². The van der Waals surface area contributed by atoms with E-state index in [0.29, 0.717) is 28.5 Å². The van der Waals surface area contributed by atoms with E-state index in [4.69, 9.17) is 23.2 Å². The fraction of sp³-hybridized carbons (Fsp3) is 0.176. The lowest BCUT2D eigenvalue weighted by Crippen LogP contribution is -2.41. The highest BCUT2D eigenvalue weighted by atomic mass is 35.5. The first-order chi connectivity index (χ1) is 11.5. The van der Waals surface area contributed by atoms with Crippen LogP contribution in [-0.4, -0.2) is 17.6 Å². The Bertz CT molecular complexity index is 708. The van der Waals surface area contributed by atoms with E-state index in [1.54, 1.807) is 30.0 Å². The fourth-order valence-electron chi connectivity index (χ4n) is 1.84. The lowest BCUT2D eigenvalue weighted by Gasteiger charge is -2.07. The van der Waals surface area contributed by atoms with Crippen LogP contribution in [0, 0.1) is 0 Å². The van der Waals surface area contributed by atoms with Crippen LogP contribution in [0.25, 0.3) is 0 Å². The molecule has 0 radical (unpaired) electrons. The van der Waals surface area contributed by atoms with Crippen LogP contribution in [0.15, 0.2) is 53.4 Å². The average molecular weight is 383 g/mol. The Hall–Kier alpha value is -1.69. The number of carbonyl (C=O) groups excluding carboxylic acids is 2. The summed E-state index contributed by atoms with van der Waals surface area (Å²) in [7, 11) is 0. The van der Waals surface area contributed by atoms with Crippen molar-refractivity contribution in [2.75, 3.05) is 5.75 Å². The van der Waals surface area contributed by atoms with E-state index in [0.717, 1.165) is 10.6 Å². The maximum atomic E-state index is 11.8. The van der Waals surface area contributed by atoms with E-state index in [2.05, 4.69) is 10.9 Å². The maximum absolute atomic E-state index is 11.8. The van der Waals surface area contributed by atoms with E-state index in [-0.39, 0.29) is 5.91 Å². The number of thioether (sulfide) groups is 1. The first-order valence-corrected chi connectivity index (χ1v) is 9.02. The van der Waals surface area contributed by atoms with Crippen LogP contribution in [0.5, 0.6) is 0 Å². The van der Waals surface area contributed by atoms with Gasteiger partial charge in [0.05, 0.1) is 0 Å². The van der Waals surface area contributed by atoms with Gasteiger partial charge in [0.1, 0.15) is 0 Å². The molecule has 0 saturated heterocycles. The summed E-state index contributed by atoms with van der Waals surface area (Å²) in [5.41, 5.74) is 5.16. The predicted molar refractivity (Wildman–Crippen MR) is 98.5 cm³/mol. The Kier molecular flexibility index (Phi) is 7.43. The molecule has 2 amide bonds. The Morgan fingerprint density at radius 1 is 0.958 bits per heavy atom. The van der Waals surface area contributed by atoms with Gasteiger partial charge in [0.15, 0.2) is 0 Å². The summed E-state index contributed by atoms with van der Waals surface area (Å²) >= 11 is 13.3. The second-order valence-electron chi connectivity index (χ2n) is 4.92. The standard InChI is InChI=1S/C17H16Cl2N2O2S/c18-13-6-8-15(9-7-13)24-10-2-5-16(22)20-21-17(23)12-3-1-4-14(19)11-12/h1,3-4,6-9,11H,2,5,10H2,(H,20,22)(H,21,23). The molecule has 0 spiro atoms. The predicted octanol–water partition coefficient (Wildman–Crippen LogP) is 4.33. The van der Waals surface area contributed by atoms with Gasteiger partial charge in [-0.2, -0.15) is 0 Å². The van der Waals surface area contributed by atoms with Crippen LogP contribution < -0.4 is 10.9 Å². The van der Waals surface area contributed by atoms with Gasteiger partial charge in [-0.25, -0.2) is 0 Å². The van der Waals surface area contributed by atoms with Gasteiger partial charge < -0.3 is 0 Å². The van der Waals surface area contributed by atoms with Crippen LogP contribution in [-0.2, 0) is 4.79 Å². The second kappa shape index (κ2) is 9.57. The van der Waals surface area contributed by atoms with E-state index in [1.165, 1.54) is 6.07 Å². The normalized spacial score (nSPS) is 10.2. The van der Waals surface area contributed by atoms with E-state index < -0.39 is 5.91 Å². The molecule has 126 valence electrons. The second-order valence-corrected chi connectivity index (χ2v) is 6.96. The zero-order chi connectivity index (χ0) is 17.4. The van der Waals surface area contributed by atoms with Crippen LogP contribution in [0.2, 0.25) is 10.0 Å². The minimum Gasteiger partial charge on any atom is -0.273 e. The molecule has 0 atom stereocenters. The fourth-order valence-corrected chi connectivity index (χ4v) is 3.01. The average Bonchev–Trinajstić information content (AvgIpc) is 2.58. The van der Waals surface area contributed by atoms with Gasteiger partial charge in [-0.3, -0.25) is 20.4 Å². The summed E-state index contributed by atoms with van der Waals surface area (Å²) in [4.78, 5) is 24.7. The number of carbonyl (C=O) groups is 2. The van der Waals surface area contributed by atoms with Crippen molar-refractivity contribution in [1.29, 1.82) is 0 Å². The van der Waals surface area contributed by atoms with Gasteiger partial charge in [-0.1, -0.05) is 29.3 Å². The molecule has 0 saturated carbocycles. The summed E-state index contributed by atoms with van der Waals surface area (Å²) in [6.07, 6.45) is 1.03. The van der Waals surface area contributed by atoms with Crippen LogP contribution >= 0.6 is 35.0 Å². The molecule has 2 rings (SSSR count). The zero-order valence-corrected chi connectivity index (χ0v) is 15.0. The first-order valence-electron chi connectivity index (χ1n) is 7.28. The summed E-state index contributed by atoms with van der Waals surface area (Å²) in [6.45, 7) is 0. The SMILES string of the molecule is O=C(CCCSc1ccc(Cl)cc1)NNC(=O)c1cccc(Cl)c1. The molecular formula is C17H16Cl2N2O2S. The molecule has 2 N–H and O–H groups in total. The summed E-state index contributed by atoms with van der Waals surface area (Å²) in [5, 5.41) is 1.17. The number of rotatable bonds is 6. The number of benzene rings is 2. The molecule has 24 heavy (non-hydrogen) atoms. The summed E-state index contributed by atoms with van der Waals surface area (Å²) < 4.78 is 0. The minimum absolute atomic E-state index is 0.234. The van der Waals surface area contributed by atoms with Crippen molar-refractivity contribution in [3.63, 3.8) is 0 Å². The van der Waals surface area contributed by atoms with Gasteiger partial charge >= 0.3 is 0 Å². The number of hydrogen-bond donors (Lipinski definition) is 2. The molecule has 7 heteroatoms. The smallest absolute Gasteiger partial charge is 0.269 e. The summed E-state index contributed by atoms with van der Waals surface area (Å²) in [5.74, 6) is 0.167. The molecule has 0 aliphatic rings. The first kappa shape index (κ1) is 18.6. The van der Waals surface area contributed by atoms with Crippen molar-refractivity contribution in [1.82, 2.24) is 10.9 Å². The van der Waals surface area contributed by atoms with Crippen molar-refractivity contribution in [3.8, 4) is 0 Å². The highest BCUT2D eigenvalue weighted by Gasteiger charge is 2.07. The molecule has 0 unspecified atom stereocenters. The zero-order valence-electron chi connectivity index (χ0n) is 12.7. The van der Waals surface area contributed by atoms with Gasteiger partial charge in [0, 0.05) is 26.9 Å². The quantitative estimate of drug-likeness (QED) is 0.444. The van der Waals surface area contributed by atoms with Crippen molar-refractivity contribution in [3.05, 3.63) is 64.1 Å². The van der Waals surface area contributed by atoms with Crippen molar-refractivity contribution in [2.24, 2.45) is 0 Å². The minimum atomic E-state index is -0.401. The van der Waals surface area contributed by atoms with Gasteiger partial charge in [-0.05, 0) is 54.6 Å². The Labute approximate surface area is 154 Å². The topological polar surface area (TPSA) is 58.2 Å². The number of halogens is 2. The van der Waals surface area contributed by atoms with E-state index in [1.807, 2.05) is 24.3 Å². The monoisotopic (exact) mass is 382 g/mol. The largest absolute Gasteiger partial charge is 0.273 e. The molecule has 0 heterocycles. The number of hydrogen-bond acceptors (Lipinski definition) is 3. The molecule has 4 nitrogen and oxygen atoms in total. The lowest BCUT2D eigenvalue weighted by molar-refractivity contribution is -0.121. The Morgan fingerprint density at radius 3 is 2.42 bits per heavy atom. The van der Waals surface area contributed by atoms with Crippen LogP contribution in [0.3, 0.4) is 0 Å². The molecule has 0 aliphatic heterocycles. The molecule has 2 aromatic carbocycles. The highest BCUT2D eigenvalue weighted by molar-refractivity contribution is 7.99. The van der Waals surface area contributed by atoms with Crippen LogP contribution in [0.1, 0.15) is 23.2 Å². The van der Waals surface area contributed by atoms with Crippen molar-refractivity contribution < 1.29 is 9.59 Å². The third-order valence-corrected chi connectivity index (χ3v) is 4.62. The molecule has 0 aromatic heterocycles. The van der Waals surface area contributed by atoms with Crippen molar-refractivity contribution in [2.45, 2.75) is 17.7 Å². The van der Waals surface area contributed by atoms with E-state index >= 15 is 0 Å². The highest BCUT2D eigenvalue weighted by Crippen LogP contribution is 2.21. The third-order valence-electron chi connectivity index (χ3n) is 3.03. The van der Waals surface area contributed by atoms with E-state index in [9.17, 15) is 9.59 Å². The van der Waals surface area contributed by atoms with Crippen LogP contribution in [0.4, 0.5) is 0 Å². The number of amides is 2. The van der Waals surface area contributed by atoms with Gasteiger partial charge in [0.2, 0.25) is 5.91 Å². The number of nitrogens with one attached hydrogen (secondary N) is 2. The summed E-state index contributed by atoms with van der Waals surface area (Å²) in [6, 6.07) is 14.1. The third kappa shape index (κ3) is 6.43.